The molecule has 1 N–H and O–H groups in total. The van der Waals surface area contributed by atoms with Crippen LogP contribution in [0.15, 0.2) is 35.1 Å². The summed E-state index contributed by atoms with van der Waals surface area (Å²) in [6, 6.07) is 8.86. The van der Waals surface area contributed by atoms with Crippen molar-refractivity contribution in [2.75, 3.05) is 14.2 Å². The van der Waals surface area contributed by atoms with Gasteiger partial charge in [0.1, 0.15) is 11.5 Å². The van der Waals surface area contributed by atoms with Crippen LogP contribution in [0.2, 0.25) is 0 Å². The highest BCUT2D eigenvalue weighted by Gasteiger charge is 2.22. The molecule has 0 spiro atoms. The summed E-state index contributed by atoms with van der Waals surface area (Å²) in [5.74, 6) is 1.32. The van der Waals surface area contributed by atoms with Crippen molar-refractivity contribution in [1.82, 2.24) is 4.57 Å². The third kappa shape index (κ3) is 2.85. The van der Waals surface area contributed by atoms with Crippen LogP contribution in [-0.4, -0.2) is 23.9 Å². The lowest BCUT2D eigenvalue weighted by atomic mass is 9.98. The number of aromatic nitrogens is 1. The van der Waals surface area contributed by atoms with Crippen LogP contribution >= 0.6 is 0 Å². The quantitative estimate of drug-likeness (QED) is 0.941. The van der Waals surface area contributed by atoms with Gasteiger partial charge in [0.15, 0.2) is 0 Å². The molecular weight excluding hydrogens is 282 g/mol. The van der Waals surface area contributed by atoms with Crippen molar-refractivity contribution in [1.29, 1.82) is 0 Å². The third-order valence-corrected chi connectivity index (χ3v) is 3.65. The van der Waals surface area contributed by atoms with Crippen LogP contribution in [-0.2, 0) is 12.6 Å². The van der Waals surface area contributed by atoms with Gasteiger partial charge in [0.2, 0.25) is 0 Å². The fourth-order valence-electron chi connectivity index (χ4n) is 2.39. The van der Waals surface area contributed by atoms with E-state index in [9.17, 15) is 9.90 Å². The molecule has 0 radical (unpaired) electrons. The number of rotatable bonds is 4. The van der Waals surface area contributed by atoms with Crippen molar-refractivity contribution in [3.63, 3.8) is 0 Å². The average Bonchev–Trinajstić information content (AvgIpc) is 2.48. The summed E-state index contributed by atoms with van der Waals surface area (Å²) in [5, 5.41) is 10.1. The SMILES string of the molecule is COc1ccc(OC)c(-c2ccc(C(C)(C)O)c(=O)n2C)c1. The minimum Gasteiger partial charge on any atom is -0.497 e. The highest BCUT2D eigenvalue weighted by atomic mass is 16.5. The van der Waals surface area contributed by atoms with E-state index >= 15 is 0 Å². The number of methoxy groups -OCH3 is 2. The van der Waals surface area contributed by atoms with Crippen LogP contribution in [0, 0.1) is 0 Å². The zero-order valence-corrected chi connectivity index (χ0v) is 13.5. The largest absolute Gasteiger partial charge is 0.497 e. The molecule has 0 aliphatic heterocycles. The number of benzene rings is 1. The van der Waals surface area contributed by atoms with Gasteiger partial charge in [-0.2, -0.15) is 0 Å². The second-order valence-corrected chi connectivity index (χ2v) is 5.62. The summed E-state index contributed by atoms with van der Waals surface area (Å²) in [6.45, 7) is 3.19. The minimum absolute atomic E-state index is 0.241. The third-order valence-electron chi connectivity index (χ3n) is 3.65. The van der Waals surface area contributed by atoms with Gasteiger partial charge in [-0.25, -0.2) is 0 Å². The van der Waals surface area contributed by atoms with Crippen molar-refractivity contribution < 1.29 is 14.6 Å². The first-order chi connectivity index (χ1) is 10.3. The average molecular weight is 303 g/mol. The lowest BCUT2D eigenvalue weighted by Gasteiger charge is -2.20. The van der Waals surface area contributed by atoms with E-state index in [0.29, 0.717) is 22.8 Å². The van der Waals surface area contributed by atoms with Gasteiger partial charge in [0.25, 0.3) is 5.56 Å². The van der Waals surface area contributed by atoms with Gasteiger partial charge in [0, 0.05) is 18.2 Å². The van der Waals surface area contributed by atoms with E-state index in [1.165, 1.54) is 4.57 Å². The van der Waals surface area contributed by atoms with Gasteiger partial charge in [-0.05, 0) is 44.2 Å². The van der Waals surface area contributed by atoms with Crippen LogP contribution in [0.4, 0.5) is 0 Å². The maximum Gasteiger partial charge on any atom is 0.256 e. The summed E-state index contributed by atoms with van der Waals surface area (Å²) in [6.07, 6.45) is 0. The maximum atomic E-state index is 12.5. The summed E-state index contributed by atoms with van der Waals surface area (Å²) in [5.41, 5.74) is 0.360. The number of hydrogen-bond donors (Lipinski definition) is 1. The smallest absolute Gasteiger partial charge is 0.256 e. The van der Waals surface area contributed by atoms with Gasteiger partial charge in [-0.1, -0.05) is 0 Å². The van der Waals surface area contributed by atoms with E-state index in [1.54, 1.807) is 59.4 Å². The Morgan fingerprint density at radius 1 is 1.09 bits per heavy atom. The van der Waals surface area contributed by atoms with Crippen LogP contribution in [0.5, 0.6) is 11.5 Å². The molecular formula is C17H21NO4. The highest BCUT2D eigenvalue weighted by molar-refractivity contribution is 5.69. The van der Waals surface area contributed by atoms with E-state index in [1.807, 2.05) is 6.07 Å². The standard InChI is InChI=1S/C17H21NO4/c1-17(2,20)13-7-8-14(18(3)16(13)19)12-10-11(21-4)6-9-15(12)22-5/h6-10,20H,1-5H3. The Morgan fingerprint density at radius 3 is 2.32 bits per heavy atom. The molecule has 0 bridgehead atoms. The molecule has 0 amide bonds. The van der Waals surface area contributed by atoms with E-state index in [-0.39, 0.29) is 5.56 Å². The molecule has 1 aromatic heterocycles. The predicted octanol–water partition coefficient (Wildman–Crippen LogP) is 2.30. The molecule has 118 valence electrons. The molecule has 2 aromatic rings. The van der Waals surface area contributed by atoms with Crippen molar-refractivity contribution in [3.05, 3.63) is 46.2 Å². The fraction of sp³-hybridized carbons (Fsp3) is 0.353. The summed E-state index contributed by atoms with van der Waals surface area (Å²) >= 11 is 0. The van der Waals surface area contributed by atoms with Gasteiger partial charge in [-0.3, -0.25) is 4.79 Å². The number of hydrogen-bond acceptors (Lipinski definition) is 4. The molecule has 0 aliphatic rings. The van der Waals surface area contributed by atoms with E-state index in [0.717, 1.165) is 5.56 Å². The Balaban J connectivity index is 2.69. The maximum absolute atomic E-state index is 12.5. The zero-order valence-electron chi connectivity index (χ0n) is 13.5. The highest BCUT2D eigenvalue weighted by Crippen LogP contribution is 2.33. The Bertz CT molecular complexity index is 741. The molecule has 0 aliphatic carbocycles. The van der Waals surface area contributed by atoms with Crippen molar-refractivity contribution in [2.24, 2.45) is 7.05 Å². The molecule has 0 saturated carbocycles. The fourth-order valence-corrected chi connectivity index (χ4v) is 2.39. The Hall–Kier alpha value is -2.27. The topological polar surface area (TPSA) is 60.7 Å². The van der Waals surface area contributed by atoms with Crippen LogP contribution in [0.1, 0.15) is 19.4 Å². The molecule has 1 aromatic carbocycles. The number of ether oxygens (including phenoxy) is 2. The van der Waals surface area contributed by atoms with Crippen molar-refractivity contribution >= 4 is 0 Å². The van der Waals surface area contributed by atoms with Gasteiger partial charge in [0.05, 0.1) is 25.5 Å². The van der Waals surface area contributed by atoms with Gasteiger partial charge < -0.3 is 19.1 Å². The second kappa shape index (κ2) is 5.85. The van der Waals surface area contributed by atoms with Gasteiger partial charge >= 0.3 is 0 Å². The van der Waals surface area contributed by atoms with Crippen LogP contribution < -0.4 is 15.0 Å². The van der Waals surface area contributed by atoms with Crippen LogP contribution in [0.3, 0.4) is 0 Å². The predicted molar refractivity (Wildman–Crippen MR) is 85.5 cm³/mol. The number of aliphatic hydroxyl groups is 1. The Kier molecular flexibility index (Phi) is 4.28. The molecule has 5 heteroatoms. The molecule has 2 rings (SSSR count). The van der Waals surface area contributed by atoms with E-state index in [2.05, 4.69) is 0 Å². The molecule has 22 heavy (non-hydrogen) atoms. The summed E-state index contributed by atoms with van der Waals surface area (Å²) in [7, 11) is 4.84. The lowest BCUT2D eigenvalue weighted by molar-refractivity contribution is 0.0766. The minimum atomic E-state index is -1.19. The summed E-state index contributed by atoms with van der Waals surface area (Å²) in [4.78, 5) is 12.5. The van der Waals surface area contributed by atoms with E-state index < -0.39 is 5.60 Å². The zero-order chi connectivity index (χ0) is 16.5. The van der Waals surface area contributed by atoms with Crippen molar-refractivity contribution in [3.8, 4) is 22.8 Å². The second-order valence-electron chi connectivity index (χ2n) is 5.62. The monoisotopic (exact) mass is 303 g/mol. The first-order valence-corrected chi connectivity index (χ1v) is 6.95. The van der Waals surface area contributed by atoms with Crippen LogP contribution in [0.25, 0.3) is 11.3 Å². The molecule has 5 nitrogen and oxygen atoms in total. The van der Waals surface area contributed by atoms with Gasteiger partial charge in [-0.15, -0.1) is 0 Å². The normalized spacial score (nSPS) is 11.4. The Labute approximate surface area is 129 Å². The summed E-state index contributed by atoms with van der Waals surface area (Å²) < 4.78 is 12.1. The molecule has 1 heterocycles. The Morgan fingerprint density at radius 2 is 1.77 bits per heavy atom. The molecule has 0 fully saturated rings. The first kappa shape index (κ1) is 16.1. The van der Waals surface area contributed by atoms with Crippen molar-refractivity contribution in [2.45, 2.75) is 19.4 Å². The number of nitrogens with zero attached hydrogens (tertiary/aromatic N) is 1. The first-order valence-electron chi connectivity index (χ1n) is 6.95. The number of pyridine rings is 1. The molecule has 0 unspecified atom stereocenters. The lowest BCUT2D eigenvalue weighted by Crippen LogP contribution is -2.31. The molecule has 0 saturated heterocycles. The molecule has 0 atom stereocenters. The van der Waals surface area contributed by atoms with E-state index in [4.69, 9.17) is 9.47 Å².